The van der Waals surface area contributed by atoms with Crippen LogP contribution in [0.25, 0.3) is 0 Å². The van der Waals surface area contributed by atoms with E-state index in [1.54, 1.807) is 6.26 Å². The Morgan fingerprint density at radius 2 is 0.963 bits per heavy atom. The highest BCUT2D eigenvalue weighted by Crippen LogP contribution is 2.38. The maximum atomic E-state index is 12.7. The molecule has 0 aromatic rings. The van der Waals surface area contributed by atoms with Gasteiger partial charge in [0.25, 0.3) is 7.82 Å². The molecule has 0 rings (SSSR count). The number of quaternary nitrogens is 1. The minimum Gasteiger partial charge on any atom is -0.756 e. The van der Waals surface area contributed by atoms with Crippen LogP contribution < -0.4 is 4.89 Å². The van der Waals surface area contributed by atoms with Crippen LogP contribution in [-0.2, 0) is 27.9 Å². The van der Waals surface area contributed by atoms with E-state index in [4.69, 9.17) is 18.5 Å². The molecule has 0 saturated heterocycles. The normalized spacial score (nSPS) is 13.7. The second-order valence-electron chi connectivity index (χ2n) is 16.8. The van der Waals surface area contributed by atoms with Crippen molar-refractivity contribution in [1.82, 2.24) is 0 Å². The van der Waals surface area contributed by atoms with Gasteiger partial charge in [-0.2, -0.15) is 0 Å². The minimum absolute atomic E-state index is 0.0203. The molecular weight excluding hydrogens is 697 g/mol. The lowest BCUT2D eigenvalue weighted by Gasteiger charge is -2.28. The zero-order valence-electron chi connectivity index (χ0n) is 36.4. The third-order valence-electron chi connectivity index (χ3n) is 10.2. The summed E-state index contributed by atoms with van der Waals surface area (Å²) in [6.45, 7) is 4.77. The van der Waals surface area contributed by atoms with Gasteiger partial charge in [-0.1, -0.05) is 194 Å². The van der Waals surface area contributed by atoms with Gasteiger partial charge >= 0.3 is 5.97 Å². The number of ether oxygens (including phenoxy) is 2. The minimum atomic E-state index is -4.53. The smallest absolute Gasteiger partial charge is 0.306 e. The fraction of sp³-hybridized carbons (Fsp3) is 0.933. The fourth-order valence-corrected chi connectivity index (χ4v) is 7.30. The number of phosphoric acid groups is 1. The van der Waals surface area contributed by atoms with Gasteiger partial charge in [0.15, 0.2) is 6.10 Å². The number of carbonyl (C=O) groups excluding carboxylic acids is 1. The summed E-state index contributed by atoms with van der Waals surface area (Å²) < 4.78 is 34.4. The van der Waals surface area contributed by atoms with Crippen molar-refractivity contribution in [2.45, 2.75) is 225 Å². The van der Waals surface area contributed by atoms with Gasteiger partial charge in [-0.25, -0.2) is 0 Å². The molecule has 0 bridgehead atoms. The van der Waals surface area contributed by atoms with Crippen LogP contribution in [-0.4, -0.2) is 64.1 Å². The number of phosphoric ester groups is 1. The number of hydrogen-bond acceptors (Lipinski definition) is 7. The third-order valence-corrected chi connectivity index (χ3v) is 11.1. The van der Waals surface area contributed by atoms with Crippen molar-refractivity contribution in [3.63, 3.8) is 0 Å². The van der Waals surface area contributed by atoms with E-state index in [2.05, 4.69) is 13.8 Å². The first-order valence-corrected chi connectivity index (χ1v) is 24.4. The van der Waals surface area contributed by atoms with Gasteiger partial charge in [0.05, 0.1) is 34.0 Å². The molecule has 0 heterocycles. The zero-order chi connectivity index (χ0) is 39.9. The van der Waals surface area contributed by atoms with Gasteiger partial charge in [-0.15, -0.1) is 0 Å². The largest absolute Gasteiger partial charge is 0.756 e. The van der Waals surface area contributed by atoms with Crippen LogP contribution in [0, 0.1) is 0 Å². The van der Waals surface area contributed by atoms with E-state index in [9.17, 15) is 14.3 Å². The van der Waals surface area contributed by atoms with Crippen molar-refractivity contribution < 1.29 is 37.3 Å². The van der Waals surface area contributed by atoms with Crippen molar-refractivity contribution in [2.24, 2.45) is 0 Å². The molecule has 0 radical (unpaired) electrons. The molecule has 1 unspecified atom stereocenters. The Kier molecular flexibility index (Phi) is 38.3. The molecule has 0 aromatic heterocycles. The highest BCUT2D eigenvalue weighted by molar-refractivity contribution is 7.45. The SMILES string of the molecule is CCCCCCCCCCCCCCCCCC/C=C/OC[C@H](COP(=O)([O-])OCC[N+](C)(C)C)OC(=O)CCCCCCCCCCCCCCCC. The quantitative estimate of drug-likeness (QED) is 0.0200. The van der Waals surface area contributed by atoms with Gasteiger partial charge < -0.3 is 27.9 Å². The van der Waals surface area contributed by atoms with Crippen molar-refractivity contribution in [3.05, 3.63) is 12.3 Å². The third kappa shape index (κ3) is 42.2. The topological polar surface area (TPSA) is 94.1 Å². The Morgan fingerprint density at radius 1 is 0.574 bits per heavy atom. The van der Waals surface area contributed by atoms with Crippen LogP contribution in [0.15, 0.2) is 12.3 Å². The summed E-state index contributed by atoms with van der Waals surface area (Å²) in [6.07, 6.45) is 43.2. The Morgan fingerprint density at radius 3 is 1.37 bits per heavy atom. The molecule has 54 heavy (non-hydrogen) atoms. The summed E-state index contributed by atoms with van der Waals surface area (Å²) >= 11 is 0. The zero-order valence-corrected chi connectivity index (χ0v) is 37.3. The van der Waals surface area contributed by atoms with E-state index < -0.39 is 13.9 Å². The van der Waals surface area contributed by atoms with Crippen LogP contribution in [0.2, 0.25) is 0 Å². The average molecular weight is 788 g/mol. The summed E-state index contributed by atoms with van der Waals surface area (Å²) in [7, 11) is 1.34. The highest BCUT2D eigenvalue weighted by atomic mass is 31.2. The molecule has 322 valence electrons. The van der Waals surface area contributed by atoms with Gasteiger partial charge in [0.2, 0.25) is 0 Å². The Bertz CT molecular complexity index is 879. The highest BCUT2D eigenvalue weighted by Gasteiger charge is 2.20. The lowest BCUT2D eigenvalue weighted by molar-refractivity contribution is -0.870. The number of rotatable bonds is 43. The molecule has 0 aliphatic carbocycles. The molecule has 9 heteroatoms. The lowest BCUT2D eigenvalue weighted by Crippen LogP contribution is -2.37. The monoisotopic (exact) mass is 788 g/mol. The molecule has 8 nitrogen and oxygen atoms in total. The molecule has 0 aromatic carbocycles. The summed E-state index contributed by atoms with van der Waals surface area (Å²) in [4.78, 5) is 25.0. The first-order valence-electron chi connectivity index (χ1n) is 23.0. The Hall–Kier alpha value is -0.920. The standard InChI is InChI=1S/C45H90NO7P/c1-6-8-10-12-14-16-18-20-22-23-24-25-27-29-31-33-35-37-40-50-42-44(43-52-54(48,49)51-41-39-46(3,4)5)53-45(47)38-36-34-32-30-28-26-21-19-17-15-13-11-9-7-2/h37,40,44H,6-36,38-39,41-43H2,1-5H3/b40-37+/t44-/m1/s1. The van der Waals surface area contributed by atoms with Crippen molar-refractivity contribution in [3.8, 4) is 0 Å². The molecule has 0 N–H and O–H groups in total. The van der Waals surface area contributed by atoms with Gasteiger partial charge in [-0.3, -0.25) is 9.36 Å². The van der Waals surface area contributed by atoms with Gasteiger partial charge in [0, 0.05) is 6.42 Å². The molecule has 0 amide bonds. The number of allylic oxidation sites excluding steroid dienone is 1. The Balaban J connectivity index is 4.21. The van der Waals surface area contributed by atoms with Crippen molar-refractivity contribution in [1.29, 1.82) is 0 Å². The van der Waals surface area contributed by atoms with E-state index in [0.29, 0.717) is 17.4 Å². The number of esters is 1. The molecule has 0 spiro atoms. The molecule has 0 aliphatic heterocycles. The molecule has 0 aliphatic rings. The molecule has 2 atom stereocenters. The number of hydrogen-bond donors (Lipinski definition) is 0. The number of carbonyl (C=O) groups is 1. The molecular formula is C45H90NO7P. The second kappa shape index (κ2) is 38.9. The van der Waals surface area contributed by atoms with Crippen molar-refractivity contribution in [2.75, 3.05) is 47.5 Å². The predicted molar refractivity (Wildman–Crippen MR) is 226 cm³/mol. The summed E-state index contributed by atoms with van der Waals surface area (Å²) in [5.74, 6) is -0.352. The summed E-state index contributed by atoms with van der Waals surface area (Å²) in [5, 5.41) is 0. The van der Waals surface area contributed by atoms with E-state index in [1.165, 1.54) is 167 Å². The summed E-state index contributed by atoms with van der Waals surface area (Å²) in [5.41, 5.74) is 0. The number of unbranched alkanes of at least 4 members (excludes halogenated alkanes) is 29. The summed E-state index contributed by atoms with van der Waals surface area (Å²) in [6, 6.07) is 0. The first kappa shape index (κ1) is 53.1. The van der Waals surface area contributed by atoms with Crippen molar-refractivity contribution >= 4 is 13.8 Å². The first-order chi connectivity index (χ1) is 26.1. The average Bonchev–Trinajstić information content (AvgIpc) is 3.12. The maximum Gasteiger partial charge on any atom is 0.306 e. The van der Waals surface area contributed by atoms with Gasteiger partial charge in [-0.05, 0) is 25.3 Å². The van der Waals surface area contributed by atoms with Crippen LogP contribution in [0.5, 0.6) is 0 Å². The maximum absolute atomic E-state index is 12.7. The van der Waals surface area contributed by atoms with E-state index in [-0.39, 0.29) is 25.8 Å². The van der Waals surface area contributed by atoms with Crippen LogP contribution >= 0.6 is 7.82 Å². The fourth-order valence-electron chi connectivity index (χ4n) is 6.57. The lowest BCUT2D eigenvalue weighted by atomic mass is 10.0. The van der Waals surface area contributed by atoms with Crippen LogP contribution in [0.4, 0.5) is 0 Å². The number of likely N-dealkylation sites (N-methyl/N-ethyl adjacent to an activating group) is 1. The Labute approximate surface area is 335 Å². The number of nitrogens with zero attached hydrogens (tertiary/aromatic N) is 1. The molecule has 0 fully saturated rings. The van der Waals surface area contributed by atoms with Crippen LogP contribution in [0.3, 0.4) is 0 Å². The van der Waals surface area contributed by atoms with E-state index in [1.807, 2.05) is 27.2 Å². The molecule has 0 saturated carbocycles. The predicted octanol–water partition coefficient (Wildman–Crippen LogP) is 13.2. The van der Waals surface area contributed by atoms with E-state index in [0.717, 1.165) is 32.1 Å². The van der Waals surface area contributed by atoms with E-state index >= 15 is 0 Å². The van der Waals surface area contributed by atoms with Crippen LogP contribution in [0.1, 0.15) is 219 Å². The van der Waals surface area contributed by atoms with Gasteiger partial charge in [0.1, 0.15) is 19.8 Å². The second-order valence-corrected chi connectivity index (χ2v) is 18.3.